The number of nitrogens with zero attached hydrogens (tertiary/aromatic N) is 9. The summed E-state index contributed by atoms with van der Waals surface area (Å²) < 4.78 is 12.3. The van der Waals surface area contributed by atoms with Gasteiger partial charge in [-0.25, -0.2) is 28.2 Å². The first-order chi connectivity index (χ1) is 35.5. The van der Waals surface area contributed by atoms with Crippen LogP contribution in [0.5, 0.6) is 0 Å². The van der Waals surface area contributed by atoms with Gasteiger partial charge >= 0.3 is 0 Å². The summed E-state index contributed by atoms with van der Waals surface area (Å²) in [5, 5.41) is 3.28. The van der Waals surface area contributed by atoms with Crippen molar-refractivity contribution in [3.63, 3.8) is 0 Å². The zero-order valence-corrected chi connectivity index (χ0v) is 37.8. The van der Waals surface area contributed by atoms with Crippen LogP contribution in [0.1, 0.15) is 0 Å². The highest BCUT2D eigenvalue weighted by molar-refractivity contribution is 6.07. The molecule has 0 amide bonds. The summed E-state index contributed by atoms with van der Waals surface area (Å²) in [7, 11) is 0. The van der Waals surface area contributed by atoms with E-state index < -0.39 is 0 Å². The minimum Gasteiger partial charge on any atom is -0.309 e. The quantitative estimate of drug-likeness (QED) is 0.163. The number of hydrogen-bond donors (Lipinski definition) is 0. The van der Waals surface area contributed by atoms with E-state index in [-0.39, 0.29) is 16.3 Å². The van der Waals surface area contributed by atoms with Crippen LogP contribution in [-0.4, -0.2) is 41.9 Å². The van der Waals surface area contributed by atoms with Crippen LogP contribution in [-0.2, 0) is 0 Å². The van der Waals surface area contributed by atoms with Crippen molar-refractivity contribution in [3.05, 3.63) is 231 Å². The third-order valence-corrected chi connectivity index (χ3v) is 14.5. The van der Waals surface area contributed by atoms with Crippen LogP contribution in [0.25, 0.3) is 133 Å². The third kappa shape index (κ3) is 5.03. The average Bonchev–Trinajstić information content (AvgIpc) is 4.11. The lowest BCUT2D eigenvalue weighted by molar-refractivity contribution is 1.02. The molecule has 16 aromatic rings. The van der Waals surface area contributed by atoms with E-state index in [1.807, 2.05) is 213 Å². The van der Waals surface area contributed by atoms with E-state index in [9.17, 15) is 14.4 Å². The lowest BCUT2D eigenvalue weighted by Gasteiger charge is -2.15. The molecule has 12 heteroatoms. The standard InChI is InChI=1S/C60H33N9O3/c70-55-37-22-10-13-25-46(37)64(34-16-4-1-5-17-34)49-31-43-52(28-40(49)55)67-58(61-43)68-53-29-41-50(65(35-18-6-2-7-19-35)47-26-14-11-23-38(47)56(41)71)32-44(53)63-60(68)69-54-30-42-51(33-45(54)62-59(67)69)66(36-20-8-3-9-21-36)48-27-15-12-24-39(48)57(42)72/h1-33H. The topological polar surface area (TPSA) is 118 Å². The fourth-order valence-corrected chi connectivity index (χ4v) is 11.4. The molecule has 72 heavy (non-hydrogen) atoms. The van der Waals surface area contributed by atoms with Crippen LogP contribution < -0.4 is 16.3 Å². The molecule has 0 bridgehead atoms. The molecular weight excluding hydrogens is 895 g/mol. The van der Waals surface area contributed by atoms with E-state index in [2.05, 4.69) is 13.7 Å². The molecule has 9 aromatic carbocycles. The Bertz CT molecular complexity index is 4730. The first-order valence-electron chi connectivity index (χ1n) is 23.7. The molecule has 0 unspecified atom stereocenters. The fourth-order valence-electron chi connectivity index (χ4n) is 11.4. The molecule has 0 atom stereocenters. The Morgan fingerprint density at radius 1 is 0.250 bits per heavy atom. The van der Waals surface area contributed by atoms with Crippen molar-refractivity contribution in [2.24, 2.45) is 0 Å². The van der Waals surface area contributed by atoms with Crippen LogP contribution in [0.3, 0.4) is 0 Å². The van der Waals surface area contributed by atoms with Gasteiger partial charge in [-0.3, -0.25) is 14.4 Å². The molecule has 7 aromatic heterocycles. The number of pyridine rings is 3. The Morgan fingerprint density at radius 3 is 0.806 bits per heavy atom. The largest absolute Gasteiger partial charge is 0.309 e. The van der Waals surface area contributed by atoms with Gasteiger partial charge in [-0.2, -0.15) is 0 Å². The number of imidazole rings is 3. The van der Waals surface area contributed by atoms with Crippen molar-refractivity contribution in [1.82, 2.24) is 41.9 Å². The van der Waals surface area contributed by atoms with Crippen LogP contribution in [0.15, 0.2) is 215 Å². The Balaban J connectivity index is 1.12. The van der Waals surface area contributed by atoms with Gasteiger partial charge in [-0.15, -0.1) is 0 Å². The number of para-hydroxylation sites is 6. The monoisotopic (exact) mass is 927 g/mol. The Hall–Kier alpha value is -10.2. The lowest BCUT2D eigenvalue weighted by atomic mass is 10.1. The molecule has 0 aliphatic heterocycles. The van der Waals surface area contributed by atoms with Gasteiger partial charge in [0.25, 0.3) is 0 Å². The zero-order chi connectivity index (χ0) is 47.5. The van der Waals surface area contributed by atoms with Crippen molar-refractivity contribution < 1.29 is 0 Å². The van der Waals surface area contributed by atoms with Crippen molar-refractivity contribution in [2.75, 3.05) is 0 Å². The first-order valence-corrected chi connectivity index (χ1v) is 23.7. The summed E-state index contributed by atoms with van der Waals surface area (Å²) in [4.78, 5) is 60.6. The van der Waals surface area contributed by atoms with Gasteiger partial charge in [0, 0.05) is 49.4 Å². The Morgan fingerprint density at radius 2 is 0.514 bits per heavy atom. The Labute approximate surface area is 404 Å². The normalized spacial score (nSPS) is 12.3. The maximum atomic E-state index is 14.8. The van der Waals surface area contributed by atoms with Crippen molar-refractivity contribution in [2.45, 2.75) is 0 Å². The highest BCUT2D eigenvalue weighted by Crippen LogP contribution is 2.36. The van der Waals surface area contributed by atoms with Crippen molar-refractivity contribution in [3.8, 4) is 17.1 Å². The molecule has 0 spiro atoms. The second-order valence-corrected chi connectivity index (χ2v) is 18.4. The van der Waals surface area contributed by atoms with Gasteiger partial charge in [0.15, 0.2) is 16.3 Å². The minimum absolute atomic E-state index is 0.108. The van der Waals surface area contributed by atoms with Crippen LogP contribution in [0, 0.1) is 0 Å². The van der Waals surface area contributed by atoms with Gasteiger partial charge in [0.2, 0.25) is 17.3 Å². The van der Waals surface area contributed by atoms with Crippen molar-refractivity contribution >= 4 is 116 Å². The number of hydrogen-bond acceptors (Lipinski definition) is 6. The number of fused-ring (bicyclic) bond motifs is 18. The van der Waals surface area contributed by atoms with Gasteiger partial charge in [-0.05, 0) is 109 Å². The van der Waals surface area contributed by atoms with E-state index in [0.717, 1.165) is 33.6 Å². The van der Waals surface area contributed by atoms with E-state index in [4.69, 9.17) is 15.0 Å². The van der Waals surface area contributed by atoms with E-state index in [1.165, 1.54) is 0 Å². The van der Waals surface area contributed by atoms with Crippen LogP contribution in [0.4, 0.5) is 0 Å². The van der Waals surface area contributed by atoms with Crippen molar-refractivity contribution in [1.29, 1.82) is 0 Å². The highest BCUT2D eigenvalue weighted by atomic mass is 16.1. The maximum Gasteiger partial charge on any atom is 0.225 e. The first kappa shape index (κ1) is 38.7. The van der Waals surface area contributed by atoms with Gasteiger partial charge in [0.1, 0.15) is 0 Å². The molecule has 16 rings (SSSR count). The van der Waals surface area contributed by atoms with Crippen LogP contribution >= 0.6 is 0 Å². The lowest BCUT2D eigenvalue weighted by Crippen LogP contribution is -2.11. The number of rotatable bonds is 3. The molecule has 12 nitrogen and oxygen atoms in total. The van der Waals surface area contributed by atoms with Crippen LogP contribution in [0.2, 0.25) is 0 Å². The summed E-state index contributed by atoms with van der Waals surface area (Å²) in [6.07, 6.45) is 0. The molecule has 0 N–H and O–H groups in total. The third-order valence-electron chi connectivity index (χ3n) is 14.5. The van der Waals surface area contributed by atoms with E-state index in [1.54, 1.807) is 0 Å². The second kappa shape index (κ2) is 14.0. The minimum atomic E-state index is -0.108. The van der Waals surface area contributed by atoms with Gasteiger partial charge < -0.3 is 13.7 Å². The number of benzene rings is 9. The summed E-state index contributed by atoms with van der Waals surface area (Å²) in [6.45, 7) is 0. The molecule has 0 saturated carbocycles. The number of aromatic nitrogens is 9. The predicted octanol–water partition coefficient (Wildman–Crippen LogP) is 11.5. The molecular formula is C60H33N9O3. The average molecular weight is 928 g/mol. The SMILES string of the molecule is O=c1c2ccccc2n(-c2ccccc2)c2cc3nc4n(c3cc12)c1nc2cc3c(cc2n1c1nc2cc5c(cc2n41)c(=O)c1ccccc1n5-c1ccccc1)c(=O)c1ccccc1n3-c1ccccc1. The van der Waals surface area contributed by atoms with Gasteiger partial charge in [0.05, 0.1) is 66.2 Å². The molecule has 0 aliphatic rings. The fraction of sp³-hybridized carbons (Fsp3) is 0. The summed E-state index contributed by atoms with van der Waals surface area (Å²) >= 11 is 0. The van der Waals surface area contributed by atoms with Gasteiger partial charge in [-0.1, -0.05) is 91.0 Å². The van der Waals surface area contributed by atoms with E-state index in [0.29, 0.717) is 99.3 Å². The molecule has 0 fully saturated rings. The maximum absolute atomic E-state index is 14.8. The summed E-state index contributed by atoms with van der Waals surface area (Å²) in [6, 6.07) is 64.8. The molecule has 0 saturated heterocycles. The molecule has 0 radical (unpaired) electrons. The molecule has 0 aliphatic carbocycles. The second-order valence-electron chi connectivity index (χ2n) is 18.4. The summed E-state index contributed by atoms with van der Waals surface area (Å²) in [5.74, 6) is 1.43. The van der Waals surface area contributed by atoms with E-state index >= 15 is 0 Å². The summed E-state index contributed by atoms with van der Waals surface area (Å²) in [5.41, 5.74) is 10.6. The zero-order valence-electron chi connectivity index (χ0n) is 37.8. The molecule has 336 valence electrons. The smallest absolute Gasteiger partial charge is 0.225 e. The highest BCUT2D eigenvalue weighted by Gasteiger charge is 2.26. The Kier molecular flexibility index (Phi) is 7.51. The predicted molar refractivity (Wildman–Crippen MR) is 287 cm³/mol. The molecule has 7 heterocycles.